The van der Waals surface area contributed by atoms with Crippen LogP contribution in [0.3, 0.4) is 0 Å². The summed E-state index contributed by atoms with van der Waals surface area (Å²) in [7, 11) is 1.93. The van der Waals surface area contributed by atoms with E-state index in [1.165, 1.54) is 11.1 Å². The van der Waals surface area contributed by atoms with Crippen LogP contribution in [0.4, 0.5) is 0 Å². The number of aryl methyl sites for hydroxylation is 1. The summed E-state index contributed by atoms with van der Waals surface area (Å²) in [4.78, 5) is 7.17. The van der Waals surface area contributed by atoms with Crippen LogP contribution in [-0.2, 0) is 29.7 Å². The number of hydrogen-bond acceptors (Lipinski definition) is 4. The fourth-order valence-electron chi connectivity index (χ4n) is 3.32. The minimum absolute atomic E-state index is 0. The largest absolute Gasteiger partial charge is 0.374 e. The summed E-state index contributed by atoms with van der Waals surface area (Å²) >= 11 is 0. The second kappa shape index (κ2) is 12.3. The van der Waals surface area contributed by atoms with Crippen LogP contribution in [0.1, 0.15) is 43.6 Å². The summed E-state index contributed by atoms with van der Waals surface area (Å²) in [6.07, 6.45) is 4.13. The van der Waals surface area contributed by atoms with Crippen molar-refractivity contribution in [2.75, 3.05) is 26.2 Å². The third-order valence-corrected chi connectivity index (χ3v) is 4.78. The predicted molar refractivity (Wildman–Crippen MR) is 130 cm³/mol. The number of benzene rings is 1. The molecule has 0 saturated carbocycles. The Kier molecular flexibility index (Phi) is 10.1. The van der Waals surface area contributed by atoms with Gasteiger partial charge in [-0.2, -0.15) is 5.10 Å². The van der Waals surface area contributed by atoms with E-state index in [9.17, 15) is 0 Å². The van der Waals surface area contributed by atoms with Gasteiger partial charge >= 0.3 is 0 Å². The van der Waals surface area contributed by atoms with Crippen LogP contribution in [-0.4, -0.2) is 53.0 Å². The van der Waals surface area contributed by atoms with Crippen molar-refractivity contribution in [1.29, 1.82) is 0 Å². The van der Waals surface area contributed by atoms with Crippen molar-refractivity contribution < 1.29 is 9.47 Å². The standard InChI is InChI=1S/C22H33N5O2.HI/c1-5-23-22(24-12-18-7-6-8-19(11-18)16-29-17(2)3)27-9-10-28-21(15-27)20-13-25-26(4)14-20;/h6-8,11,13-14,17,21H,5,9-10,12,15-16H2,1-4H3,(H,23,24);1H. The normalized spacial score (nSPS) is 17.2. The van der Waals surface area contributed by atoms with Crippen LogP contribution < -0.4 is 5.32 Å². The summed E-state index contributed by atoms with van der Waals surface area (Å²) in [5.74, 6) is 0.925. The average Bonchev–Trinajstić information content (AvgIpc) is 3.16. The molecule has 1 aromatic heterocycles. The second-order valence-corrected chi connectivity index (χ2v) is 7.60. The third-order valence-electron chi connectivity index (χ3n) is 4.78. The summed E-state index contributed by atoms with van der Waals surface area (Å²) in [5, 5.41) is 7.70. The lowest BCUT2D eigenvalue weighted by Gasteiger charge is -2.34. The van der Waals surface area contributed by atoms with Crippen LogP contribution in [0.5, 0.6) is 0 Å². The number of hydrogen-bond donors (Lipinski definition) is 1. The average molecular weight is 527 g/mol. The molecule has 0 radical (unpaired) electrons. The molecule has 166 valence electrons. The van der Waals surface area contributed by atoms with E-state index in [2.05, 4.69) is 60.4 Å². The molecule has 0 bridgehead atoms. The maximum atomic E-state index is 5.97. The lowest BCUT2D eigenvalue weighted by molar-refractivity contribution is -0.00805. The molecule has 1 fully saturated rings. The molecular weight excluding hydrogens is 493 g/mol. The molecule has 1 saturated heterocycles. The summed E-state index contributed by atoms with van der Waals surface area (Å²) in [5.41, 5.74) is 3.47. The number of aliphatic imine (C=N–C) groups is 1. The van der Waals surface area contributed by atoms with Gasteiger partial charge in [0, 0.05) is 31.9 Å². The zero-order chi connectivity index (χ0) is 20.6. The number of rotatable bonds is 7. The van der Waals surface area contributed by atoms with Gasteiger partial charge in [0.15, 0.2) is 5.96 Å². The molecule has 1 aliphatic rings. The lowest BCUT2D eigenvalue weighted by Crippen LogP contribution is -2.48. The SMILES string of the molecule is CCNC(=NCc1cccc(COC(C)C)c1)N1CCOC(c2cnn(C)c2)C1.I. The monoisotopic (exact) mass is 527 g/mol. The van der Waals surface area contributed by atoms with Crippen molar-refractivity contribution in [3.8, 4) is 0 Å². The molecule has 1 aliphatic heterocycles. The molecule has 0 amide bonds. The molecule has 30 heavy (non-hydrogen) atoms. The van der Waals surface area contributed by atoms with E-state index in [1.54, 1.807) is 0 Å². The summed E-state index contributed by atoms with van der Waals surface area (Å²) < 4.78 is 13.5. The number of halogens is 1. The first-order valence-electron chi connectivity index (χ1n) is 10.4. The van der Waals surface area contributed by atoms with Crippen LogP contribution >= 0.6 is 24.0 Å². The van der Waals surface area contributed by atoms with Gasteiger partial charge < -0.3 is 19.7 Å². The molecule has 1 atom stereocenters. The molecule has 1 N–H and O–H groups in total. The third kappa shape index (κ3) is 7.24. The van der Waals surface area contributed by atoms with Gasteiger partial charge in [0.25, 0.3) is 0 Å². The van der Waals surface area contributed by atoms with Gasteiger partial charge in [-0.1, -0.05) is 24.3 Å². The fourth-order valence-corrected chi connectivity index (χ4v) is 3.32. The van der Waals surface area contributed by atoms with E-state index in [-0.39, 0.29) is 36.2 Å². The van der Waals surface area contributed by atoms with E-state index in [0.717, 1.165) is 31.2 Å². The van der Waals surface area contributed by atoms with Gasteiger partial charge in [-0.15, -0.1) is 24.0 Å². The van der Waals surface area contributed by atoms with E-state index in [1.807, 2.05) is 24.1 Å². The molecule has 1 unspecified atom stereocenters. The number of guanidine groups is 1. The van der Waals surface area contributed by atoms with Gasteiger partial charge in [0.2, 0.25) is 0 Å². The van der Waals surface area contributed by atoms with Crippen LogP contribution in [0.25, 0.3) is 0 Å². The number of nitrogens with zero attached hydrogens (tertiary/aromatic N) is 4. The van der Waals surface area contributed by atoms with E-state index in [0.29, 0.717) is 19.8 Å². The molecule has 0 aliphatic carbocycles. The van der Waals surface area contributed by atoms with Gasteiger partial charge in [0.05, 0.1) is 38.6 Å². The van der Waals surface area contributed by atoms with E-state index >= 15 is 0 Å². The van der Waals surface area contributed by atoms with Crippen molar-refractivity contribution in [2.45, 2.75) is 46.1 Å². The maximum absolute atomic E-state index is 5.97. The summed E-state index contributed by atoms with van der Waals surface area (Å²) in [6, 6.07) is 8.46. The second-order valence-electron chi connectivity index (χ2n) is 7.60. The Balaban J connectivity index is 0.00000320. The first kappa shape index (κ1) is 24.6. The quantitative estimate of drug-likeness (QED) is 0.340. The van der Waals surface area contributed by atoms with E-state index < -0.39 is 0 Å². The number of nitrogens with one attached hydrogen (secondary N) is 1. The van der Waals surface area contributed by atoms with Crippen LogP contribution in [0, 0.1) is 0 Å². The van der Waals surface area contributed by atoms with Crippen molar-refractivity contribution >= 4 is 29.9 Å². The van der Waals surface area contributed by atoms with E-state index in [4.69, 9.17) is 14.5 Å². The first-order valence-corrected chi connectivity index (χ1v) is 10.4. The highest BCUT2D eigenvalue weighted by Crippen LogP contribution is 2.21. The number of aromatic nitrogens is 2. The zero-order valence-corrected chi connectivity index (χ0v) is 20.7. The molecule has 2 aromatic rings. The Hall–Kier alpha value is -1.65. The molecule has 3 rings (SSSR count). The predicted octanol–water partition coefficient (Wildman–Crippen LogP) is 3.50. The number of morpholine rings is 1. The fraction of sp³-hybridized carbons (Fsp3) is 0.545. The van der Waals surface area contributed by atoms with Crippen molar-refractivity contribution in [1.82, 2.24) is 20.0 Å². The molecule has 0 spiro atoms. The number of ether oxygens (including phenoxy) is 2. The van der Waals surface area contributed by atoms with Gasteiger partial charge in [-0.25, -0.2) is 4.99 Å². The highest BCUT2D eigenvalue weighted by atomic mass is 127. The van der Waals surface area contributed by atoms with Gasteiger partial charge in [0.1, 0.15) is 6.10 Å². The molecule has 8 heteroatoms. The molecular formula is C22H34IN5O2. The Morgan fingerprint density at radius 3 is 2.87 bits per heavy atom. The van der Waals surface area contributed by atoms with Crippen LogP contribution in [0.15, 0.2) is 41.7 Å². The molecule has 1 aromatic carbocycles. The maximum Gasteiger partial charge on any atom is 0.194 e. The van der Waals surface area contributed by atoms with Gasteiger partial charge in [-0.3, -0.25) is 4.68 Å². The van der Waals surface area contributed by atoms with Crippen molar-refractivity contribution in [3.63, 3.8) is 0 Å². The first-order chi connectivity index (χ1) is 14.0. The highest BCUT2D eigenvalue weighted by molar-refractivity contribution is 14.0. The summed E-state index contributed by atoms with van der Waals surface area (Å²) in [6.45, 7) is 10.6. The molecule has 2 heterocycles. The topological polar surface area (TPSA) is 63.9 Å². The van der Waals surface area contributed by atoms with Crippen molar-refractivity contribution in [2.24, 2.45) is 12.0 Å². The Morgan fingerprint density at radius 2 is 2.17 bits per heavy atom. The lowest BCUT2D eigenvalue weighted by atomic mass is 10.1. The van der Waals surface area contributed by atoms with Gasteiger partial charge in [-0.05, 0) is 31.9 Å². The zero-order valence-electron chi connectivity index (χ0n) is 18.4. The Bertz CT molecular complexity index is 808. The minimum Gasteiger partial charge on any atom is -0.374 e. The Labute approximate surface area is 196 Å². The Morgan fingerprint density at radius 1 is 1.37 bits per heavy atom. The highest BCUT2D eigenvalue weighted by Gasteiger charge is 2.25. The van der Waals surface area contributed by atoms with Crippen molar-refractivity contribution in [3.05, 3.63) is 53.3 Å². The molecule has 7 nitrogen and oxygen atoms in total. The van der Waals surface area contributed by atoms with Crippen LogP contribution in [0.2, 0.25) is 0 Å². The minimum atomic E-state index is 0. The smallest absolute Gasteiger partial charge is 0.194 e.